The average molecular weight is 831 g/mol. The number of rotatable bonds is 18. The molecule has 15 heteroatoms. The van der Waals surface area contributed by atoms with Gasteiger partial charge >= 0.3 is 18.1 Å². The molecule has 5 rings (SSSR count). The van der Waals surface area contributed by atoms with E-state index in [-0.39, 0.29) is 43.7 Å². The van der Waals surface area contributed by atoms with Gasteiger partial charge in [-0.05, 0) is 90.9 Å². The lowest BCUT2D eigenvalue weighted by atomic mass is 9.89. The van der Waals surface area contributed by atoms with E-state index in [2.05, 4.69) is 15.6 Å². The Labute approximate surface area is 344 Å². The van der Waals surface area contributed by atoms with Crippen LogP contribution >= 0.6 is 11.6 Å². The first-order valence-corrected chi connectivity index (χ1v) is 18.8. The summed E-state index contributed by atoms with van der Waals surface area (Å²) in [6, 6.07) is 20.3. The van der Waals surface area contributed by atoms with Gasteiger partial charge in [0.05, 0.1) is 16.1 Å². The van der Waals surface area contributed by atoms with Crippen molar-refractivity contribution >= 4 is 23.5 Å². The van der Waals surface area contributed by atoms with Crippen LogP contribution in [-0.4, -0.2) is 52.4 Å². The minimum atomic E-state index is -4.71. The van der Waals surface area contributed by atoms with Gasteiger partial charge < -0.3 is 35.1 Å². The lowest BCUT2D eigenvalue weighted by Crippen LogP contribution is -2.36. The summed E-state index contributed by atoms with van der Waals surface area (Å²) in [6.45, 7) is 6.88. The van der Waals surface area contributed by atoms with Crippen molar-refractivity contribution in [3.63, 3.8) is 0 Å². The second kappa shape index (κ2) is 19.5. The predicted molar refractivity (Wildman–Crippen MR) is 215 cm³/mol. The van der Waals surface area contributed by atoms with E-state index < -0.39 is 35.8 Å². The van der Waals surface area contributed by atoms with E-state index in [0.29, 0.717) is 39.3 Å². The number of pyridine rings is 1. The molecule has 0 aliphatic carbocycles. The van der Waals surface area contributed by atoms with Crippen LogP contribution in [-0.2, 0) is 35.5 Å². The van der Waals surface area contributed by atoms with Gasteiger partial charge in [0, 0.05) is 42.7 Å². The molecule has 0 radical (unpaired) electrons. The Morgan fingerprint density at radius 1 is 0.797 bits per heavy atom. The molecule has 5 aromatic rings. The third-order valence-electron chi connectivity index (χ3n) is 9.63. The van der Waals surface area contributed by atoms with E-state index >= 15 is 0 Å². The van der Waals surface area contributed by atoms with E-state index in [9.17, 15) is 33.1 Å². The molecule has 0 saturated heterocycles. The molecule has 59 heavy (non-hydrogen) atoms. The van der Waals surface area contributed by atoms with Gasteiger partial charge in [0.1, 0.15) is 55.2 Å². The molecule has 0 aliphatic rings. The number of hydrogen-bond acceptors (Lipinski definition) is 9. The lowest BCUT2D eigenvalue weighted by Gasteiger charge is -2.19. The summed E-state index contributed by atoms with van der Waals surface area (Å²) in [7, 11) is 0. The number of nitriles is 1. The van der Waals surface area contributed by atoms with Crippen molar-refractivity contribution < 1.29 is 47.2 Å². The highest BCUT2D eigenvalue weighted by atomic mass is 35.5. The Balaban J connectivity index is 1.38. The van der Waals surface area contributed by atoms with E-state index in [0.717, 1.165) is 33.9 Å². The topological polar surface area (TPSA) is 163 Å². The summed E-state index contributed by atoms with van der Waals surface area (Å²) in [5, 5.41) is 33.5. The molecule has 2 atom stereocenters. The van der Waals surface area contributed by atoms with Crippen LogP contribution in [0.5, 0.6) is 17.2 Å². The van der Waals surface area contributed by atoms with Crippen molar-refractivity contribution in [3.8, 4) is 45.6 Å². The molecule has 0 fully saturated rings. The maximum absolute atomic E-state index is 14.3. The minimum Gasteiger partial charge on any atom is -0.492 e. The Morgan fingerprint density at radius 2 is 1.46 bits per heavy atom. The summed E-state index contributed by atoms with van der Waals surface area (Å²) >= 11 is 6.70. The molecule has 0 saturated carbocycles. The van der Waals surface area contributed by atoms with Crippen molar-refractivity contribution in [2.24, 2.45) is 0 Å². The van der Waals surface area contributed by atoms with Gasteiger partial charge in [-0.15, -0.1) is 0 Å². The number of nitrogens with one attached hydrogen (secondary N) is 2. The SMILES string of the molecule is Cc1c(COc2cc(OCc3cncc(C#N)c3)c(CN[C@@H](C)C(=O)O)cc2Cl)cccc1-c1cccc(-c2ccc(OCCN[C@@H](C)C(=O)O)c(C(F)(F)F)c2)c1C. The van der Waals surface area contributed by atoms with Crippen LogP contribution in [0.3, 0.4) is 0 Å². The Hall–Kier alpha value is -6.14. The molecule has 1 aromatic heterocycles. The van der Waals surface area contributed by atoms with Gasteiger partial charge in [-0.2, -0.15) is 18.4 Å². The fourth-order valence-corrected chi connectivity index (χ4v) is 6.43. The van der Waals surface area contributed by atoms with E-state index in [4.69, 9.17) is 30.9 Å². The number of aliphatic carboxylic acids is 2. The van der Waals surface area contributed by atoms with Gasteiger partial charge in [0.25, 0.3) is 0 Å². The van der Waals surface area contributed by atoms with Gasteiger partial charge in [0.2, 0.25) is 0 Å². The number of carbonyl (C=O) groups is 2. The number of ether oxygens (including phenoxy) is 3. The third-order valence-corrected chi connectivity index (χ3v) is 9.93. The second-order valence-electron chi connectivity index (χ2n) is 13.7. The van der Waals surface area contributed by atoms with Crippen molar-refractivity contribution in [3.05, 3.63) is 129 Å². The van der Waals surface area contributed by atoms with Gasteiger partial charge in [0.15, 0.2) is 0 Å². The summed E-state index contributed by atoms with van der Waals surface area (Å²) in [5.74, 6) is -1.78. The van der Waals surface area contributed by atoms with Crippen LogP contribution < -0.4 is 24.8 Å². The van der Waals surface area contributed by atoms with Crippen molar-refractivity contribution in [2.45, 2.75) is 65.7 Å². The van der Waals surface area contributed by atoms with Crippen LogP contribution in [0.2, 0.25) is 5.02 Å². The molecule has 1 heterocycles. The molecule has 0 aliphatic heterocycles. The molecule has 308 valence electrons. The van der Waals surface area contributed by atoms with Crippen molar-refractivity contribution in [1.29, 1.82) is 5.26 Å². The van der Waals surface area contributed by atoms with Gasteiger partial charge in [-0.1, -0.05) is 54.1 Å². The van der Waals surface area contributed by atoms with Crippen molar-refractivity contribution in [2.75, 3.05) is 13.2 Å². The Kier molecular flexibility index (Phi) is 14.6. The molecular weight excluding hydrogens is 789 g/mol. The number of nitrogens with zero attached hydrogens (tertiary/aromatic N) is 2. The number of alkyl halides is 3. The second-order valence-corrected chi connectivity index (χ2v) is 14.1. The number of aromatic nitrogens is 1. The van der Waals surface area contributed by atoms with E-state index in [1.54, 1.807) is 42.6 Å². The molecule has 0 unspecified atom stereocenters. The maximum atomic E-state index is 14.3. The van der Waals surface area contributed by atoms with Gasteiger partial charge in [-0.3, -0.25) is 14.6 Å². The molecule has 0 bridgehead atoms. The van der Waals surface area contributed by atoms with Gasteiger partial charge in [-0.25, -0.2) is 0 Å². The zero-order chi connectivity index (χ0) is 42.9. The van der Waals surface area contributed by atoms with E-state index in [1.807, 2.05) is 44.2 Å². The monoisotopic (exact) mass is 830 g/mol. The highest BCUT2D eigenvalue weighted by Crippen LogP contribution is 2.41. The number of halogens is 4. The average Bonchev–Trinajstić information content (AvgIpc) is 3.20. The fraction of sp³-hybridized carbons (Fsp3) is 0.273. The van der Waals surface area contributed by atoms with Crippen LogP contribution in [0, 0.1) is 25.2 Å². The number of hydrogen-bond donors (Lipinski definition) is 4. The zero-order valence-corrected chi connectivity index (χ0v) is 33.4. The maximum Gasteiger partial charge on any atom is 0.419 e. The number of benzene rings is 4. The fourth-order valence-electron chi connectivity index (χ4n) is 6.19. The highest BCUT2D eigenvalue weighted by molar-refractivity contribution is 6.32. The highest BCUT2D eigenvalue weighted by Gasteiger charge is 2.35. The first kappa shape index (κ1) is 44.0. The Morgan fingerprint density at radius 3 is 2.15 bits per heavy atom. The Bertz CT molecular complexity index is 2370. The molecule has 4 N–H and O–H groups in total. The minimum absolute atomic E-state index is 0.0393. The largest absolute Gasteiger partial charge is 0.492 e. The van der Waals surface area contributed by atoms with Crippen LogP contribution in [0.25, 0.3) is 22.3 Å². The first-order valence-electron chi connectivity index (χ1n) is 18.4. The quantitative estimate of drug-likeness (QED) is 0.0625. The van der Waals surface area contributed by atoms with Crippen LogP contribution in [0.1, 0.15) is 52.8 Å². The summed E-state index contributed by atoms with van der Waals surface area (Å²) in [6.07, 6.45) is -1.70. The van der Waals surface area contributed by atoms with Crippen LogP contribution in [0.4, 0.5) is 13.2 Å². The third kappa shape index (κ3) is 11.3. The zero-order valence-electron chi connectivity index (χ0n) is 32.6. The summed E-state index contributed by atoms with van der Waals surface area (Å²) < 4.78 is 60.7. The number of carboxylic acids is 2. The smallest absolute Gasteiger partial charge is 0.419 e. The molecule has 11 nitrogen and oxygen atoms in total. The summed E-state index contributed by atoms with van der Waals surface area (Å²) in [4.78, 5) is 26.6. The first-order chi connectivity index (χ1) is 28.1. The molecule has 4 aromatic carbocycles. The standard InChI is InChI=1S/C44H42ClF3N4O7/c1-25-32(24-59-41-18-40(58-23-30-15-29(19-49)20-50-21-30)33(17-38(41)45)22-52-28(4)43(55)56)7-5-9-35(25)36-10-6-8-34(26(36)2)31-11-12-39(37(16-31)44(46,47)48)57-14-13-51-27(3)42(53)54/h5-12,15-18,20-21,27-28,51-52H,13-14,22-24H2,1-4H3,(H,53,54)(H,55,56)/t27-,28-/m0/s1. The molecule has 0 amide bonds. The van der Waals surface area contributed by atoms with Crippen LogP contribution in [0.15, 0.2) is 85.2 Å². The molecule has 0 spiro atoms. The van der Waals surface area contributed by atoms with Crippen molar-refractivity contribution in [1.82, 2.24) is 15.6 Å². The number of carboxylic acid groups (broad SMARTS) is 2. The normalized spacial score (nSPS) is 12.3. The molecular formula is C44H42ClF3N4O7. The summed E-state index contributed by atoms with van der Waals surface area (Å²) in [5.41, 5.74) is 5.70. The lowest BCUT2D eigenvalue weighted by molar-refractivity contribution is -0.140. The predicted octanol–water partition coefficient (Wildman–Crippen LogP) is 8.74. The van der Waals surface area contributed by atoms with E-state index in [1.165, 1.54) is 26.1 Å².